The first-order chi connectivity index (χ1) is 13.4. The summed E-state index contributed by atoms with van der Waals surface area (Å²) in [6.45, 7) is 0. The summed E-state index contributed by atoms with van der Waals surface area (Å²) in [6, 6.07) is 19.5. The van der Waals surface area contributed by atoms with Crippen molar-refractivity contribution >= 4 is 40.1 Å². The van der Waals surface area contributed by atoms with Crippen LogP contribution in [0.5, 0.6) is 0 Å². The van der Waals surface area contributed by atoms with E-state index >= 15 is 0 Å². The number of nitrogens with zero attached hydrogens (tertiary/aromatic N) is 2. The van der Waals surface area contributed by atoms with Gasteiger partial charge in [-0.1, -0.05) is 24.3 Å². The van der Waals surface area contributed by atoms with Crippen molar-refractivity contribution in [2.24, 2.45) is 0 Å². The van der Waals surface area contributed by atoms with Crippen molar-refractivity contribution in [1.29, 1.82) is 0 Å². The van der Waals surface area contributed by atoms with Crippen LogP contribution in [0.3, 0.4) is 0 Å². The molecule has 0 aliphatic carbocycles. The molecule has 0 bridgehead atoms. The number of nitro benzene ring substituents is 2. The van der Waals surface area contributed by atoms with Gasteiger partial charge in [-0.25, -0.2) is 0 Å². The smallest absolute Gasteiger partial charge is 0.277 e. The van der Waals surface area contributed by atoms with Crippen LogP contribution in [0.1, 0.15) is 0 Å². The van der Waals surface area contributed by atoms with E-state index in [1.165, 1.54) is 18.2 Å². The Morgan fingerprint density at radius 1 is 0.750 bits per heavy atom. The van der Waals surface area contributed by atoms with E-state index in [2.05, 4.69) is 10.6 Å². The fourth-order valence-electron chi connectivity index (χ4n) is 2.57. The summed E-state index contributed by atoms with van der Waals surface area (Å²) in [7, 11) is 0. The molecule has 0 radical (unpaired) electrons. The van der Waals surface area contributed by atoms with Crippen LogP contribution in [0.15, 0.2) is 72.8 Å². The number of thiocarbonyl (C=S) groups is 1. The standard InChI is InChI=1S/C19H14N4O4S/c24-22(25)16-11-9-15(10-12-16)21-19(28)20-14-7-5-13(6-8-14)17-3-1-2-4-18(17)23(26)27/h1-12H,(H2,20,21,28). The van der Waals surface area contributed by atoms with Gasteiger partial charge in [0.2, 0.25) is 0 Å². The number of rotatable bonds is 5. The van der Waals surface area contributed by atoms with Crippen molar-refractivity contribution in [1.82, 2.24) is 0 Å². The summed E-state index contributed by atoms with van der Waals surface area (Å²) < 4.78 is 0. The topological polar surface area (TPSA) is 110 Å². The molecule has 3 aromatic rings. The van der Waals surface area contributed by atoms with Crippen LogP contribution in [0.2, 0.25) is 0 Å². The number of nitrogens with one attached hydrogen (secondary N) is 2. The molecule has 0 aliphatic heterocycles. The van der Waals surface area contributed by atoms with Crippen molar-refractivity contribution in [3.63, 3.8) is 0 Å². The fourth-order valence-corrected chi connectivity index (χ4v) is 2.81. The zero-order valence-corrected chi connectivity index (χ0v) is 15.2. The lowest BCUT2D eigenvalue weighted by Crippen LogP contribution is -2.18. The quantitative estimate of drug-likeness (QED) is 0.357. The number of anilines is 2. The lowest BCUT2D eigenvalue weighted by molar-refractivity contribution is -0.384. The highest BCUT2D eigenvalue weighted by atomic mass is 32.1. The predicted octanol–water partition coefficient (Wildman–Crippen LogP) is 4.98. The van der Waals surface area contributed by atoms with Gasteiger partial charge in [-0.05, 0) is 48.1 Å². The third-order valence-electron chi connectivity index (χ3n) is 3.89. The van der Waals surface area contributed by atoms with E-state index < -0.39 is 9.85 Å². The number of hydrogen-bond acceptors (Lipinski definition) is 5. The Labute approximate surface area is 165 Å². The number of non-ortho nitro benzene ring substituents is 1. The Bertz CT molecular complexity index is 1040. The van der Waals surface area contributed by atoms with Crippen molar-refractivity contribution in [3.8, 4) is 11.1 Å². The third kappa shape index (κ3) is 4.46. The zero-order valence-electron chi connectivity index (χ0n) is 14.4. The maximum atomic E-state index is 11.2. The second-order valence-corrected chi connectivity index (χ2v) is 6.14. The second-order valence-electron chi connectivity index (χ2n) is 5.73. The summed E-state index contributed by atoms with van der Waals surface area (Å²) in [5.41, 5.74) is 2.59. The molecule has 0 amide bonds. The van der Waals surface area contributed by atoms with Gasteiger partial charge in [-0.2, -0.15) is 0 Å². The second kappa shape index (κ2) is 8.23. The first kappa shape index (κ1) is 18.9. The summed E-state index contributed by atoms with van der Waals surface area (Å²) in [5, 5.41) is 28.1. The Balaban J connectivity index is 1.68. The molecule has 0 spiro atoms. The van der Waals surface area contributed by atoms with Crippen LogP contribution < -0.4 is 10.6 Å². The molecule has 0 saturated heterocycles. The van der Waals surface area contributed by atoms with Crippen LogP contribution in [-0.2, 0) is 0 Å². The van der Waals surface area contributed by atoms with Crippen molar-refractivity contribution in [2.45, 2.75) is 0 Å². The van der Waals surface area contributed by atoms with Gasteiger partial charge in [0.15, 0.2) is 5.11 Å². The zero-order chi connectivity index (χ0) is 20.1. The summed E-state index contributed by atoms with van der Waals surface area (Å²) in [4.78, 5) is 21.0. The average Bonchev–Trinajstić information content (AvgIpc) is 2.69. The Morgan fingerprint density at radius 2 is 1.29 bits per heavy atom. The molecule has 0 aromatic heterocycles. The molecule has 2 N–H and O–H groups in total. The molecule has 9 heteroatoms. The molecule has 0 saturated carbocycles. The average molecular weight is 394 g/mol. The first-order valence-electron chi connectivity index (χ1n) is 8.10. The maximum absolute atomic E-state index is 11.2. The molecule has 0 aliphatic rings. The Kier molecular flexibility index (Phi) is 5.56. The van der Waals surface area contributed by atoms with Crippen molar-refractivity contribution in [2.75, 3.05) is 10.6 Å². The van der Waals surface area contributed by atoms with Gasteiger partial charge < -0.3 is 10.6 Å². The highest BCUT2D eigenvalue weighted by Crippen LogP contribution is 2.30. The number of benzene rings is 3. The summed E-state index contributed by atoms with van der Waals surface area (Å²) in [6.07, 6.45) is 0. The minimum atomic E-state index is -0.473. The normalized spacial score (nSPS) is 10.1. The highest BCUT2D eigenvalue weighted by Gasteiger charge is 2.13. The van der Waals surface area contributed by atoms with Gasteiger partial charge in [-0.15, -0.1) is 0 Å². The van der Waals surface area contributed by atoms with E-state index in [1.54, 1.807) is 54.6 Å². The van der Waals surface area contributed by atoms with E-state index in [-0.39, 0.29) is 11.4 Å². The van der Waals surface area contributed by atoms with Crippen LogP contribution in [0.25, 0.3) is 11.1 Å². The van der Waals surface area contributed by atoms with Gasteiger partial charge in [0.25, 0.3) is 11.4 Å². The first-order valence-corrected chi connectivity index (χ1v) is 8.51. The lowest BCUT2D eigenvalue weighted by atomic mass is 10.0. The highest BCUT2D eigenvalue weighted by molar-refractivity contribution is 7.80. The van der Waals surface area contributed by atoms with Crippen LogP contribution in [0, 0.1) is 20.2 Å². The molecular formula is C19H14N4O4S. The number of nitro groups is 2. The summed E-state index contributed by atoms with van der Waals surface area (Å²) >= 11 is 5.24. The minimum Gasteiger partial charge on any atom is -0.332 e. The molecule has 0 unspecified atom stereocenters. The maximum Gasteiger partial charge on any atom is 0.277 e. The van der Waals surface area contributed by atoms with Gasteiger partial charge in [0, 0.05) is 29.6 Å². The summed E-state index contributed by atoms with van der Waals surface area (Å²) in [5.74, 6) is 0. The molecule has 8 nitrogen and oxygen atoms in total. The van der Waals surface area contributed by atoms with E-state index in [4.69, 9.17) is 12.2 Å². The number of hydrogen-bond donors (Lipinski definition) is 2. The Hall–Kier alpha value is -3.85. The SMILES string of the molecule is O=[N+]([O-])c1ccc(NC(=S)Nc2ccc(-c3ccccc3[N+](=O)[O-])cc2)cc1. The molecule has 3 rings (SSSR count). The molecule has 0 heterocycles. The lowest BCUT2D eigenvalue weighted by Gasteiger charge is -2.11. The molecule has 140 valence electrons. The van der Waals surface area contributed by atoms with Gasteiger partial charge in [-0.3, -0.25) is 20.2 Å². The van der Waals surface area contributed by atoms with Crippen LogP contribution >= 0.6 is 12.2 Å². The molecule has 3 aromatic carbocycles. The molecular weight excluding hydrogens is 380 g/mol. The van der Waals surface area contributed by atoms with Gasteiger partial charge in [0.05, 0.1) is 15.4 Å². The van der Waals surface area contributed by atoms with E-state index in [0.717, 1.165) is 0 Å². The van der Waals surface area contributed by atoms with Gasteiger partial charge >= 0.3 is 0 Å². The molecule has 28 heavy (non-hydrogen) atoms. The Morgan fingerprint density at radius 3 is 1.82 bits per heavy atom. The number of para-hydroxylation sites is 1. The predicted molar refractivity (Wildman–Crippen MR) is 111 cm³/mol. The monoisotopic (exact) mass is 394 g/mol. The van der Waals surface area contributed by atoms with E-state index in [1.807, 2.05) is 0 Å². The fraction of sp³-hybridized carbons (Fsp3) is 0. The van der Waals surface area contributed by atoms with E-state index in [0.29, 0.717) is 27.6 Å². The van der Waals surface area contributed by atoms with Crippen molar-refractivity contribution < 1.29 is 9.85 Å². The van der Waals surface area contributed by atoms with Crippen LogP contribution in [-0.4, -0.2) is 15.0 Å². The van der Waals surface area contributed by atoms with Crippen LogP contribution in [0.4, 0.5) is 22.7 Å². The third-order valence-corrected chi connectivity index (χ3v) is 4.09. The van der Waals surface area contributed by atoms with Gasteiger partial charge in [0.1, 0.15) is 0 Å². The molecule has 0 fully saturated rings. The van der Waals surface area contributed by atoms with Crippen molar-refractivity contribution in [3.05, 3.63) is 93.0 Å². The minimum absolute atomic E-state index is 0.00461. The largest absolute Gasteiger partial charge is 0.332 e. The molecule has 0 atom stereocenters. The van der Waals surface area contributed by atoms with E-state index in [9.17, 15) is 20.2 Å².